The Kier molecular flexibility index (Phi) is 3.78. The minimum absolute atomic E-state index is 0.00789. The Balaban J connectivity index is 1.83. The Morgan fingerprint density at radius 1 is 1.00 bits per heavy atom. The maximum Gasteiger partial charge on any atom is 0.282 e. The normalized spacial score (nSPS) is 13.5. The van der Waals surface area contributed by atoms with E-state index in [1.54, 1.807) is 12.1 Å². The molecule has 3 aromatic rings. The van der Waals surface area contributed by atoms with Gasteiger partial charge in [-0.25, -0.2) is 0 Å². The Morgan fingerprint density at radius 3 is 2.46 bits per heavy atom. The molecule has 0 saturated heterocycles. The van der Waals surface area contributed by atoms with E-state index in [9.17, 15) is 29.9 Å². The average molecular weight is 377 g/mol. The summed E-state index contributed by atoms with van der Waals surface area (Å²) in [5.74, 6) is -1.95. The molecule has 9 nitrogen and oxygen atoms in total. The van der Waals surface area contributed by atoms with E-state index in [4.69, 9.17) is 0 Å². The number of nitrogens with zero attached hydrogens (tertiary/aromatic N) is 3. The number of hydrazone groups is 1. The smallest absolute Gasteiger partial charge is 0.282 e. The van der Waals surface area contributed by atoms with E-state index in [0.717, 1.165) is 18.3 Å². The number of hydrogen-bond acceptors (Lipinski definition) is 7. The fourth-order valence-electron chi connectivity index (χ4n) is 3.05. The van der Waals surface area contributed by atoms with Crippen molar-refractivity contribution in [3.8, 4) is 11.5 Å². The van der Waals surface area contributed by atoms with Crippen molar-refractivity contribution in [3.63, 3.8) is 0 Å². The summed E-state index contributed by atoms with van der Waals surface area (Å²) in [6.45, 7) is 0. The largest absolute Gasteiger partial charge is 0.508 e. The van der Waals surface area contributed by atoms with Crippen LogP contribution in [0, 0.1) is 10.1 Å². The molecule has 0 unspecified atom stereocenters. The molecule has 9 heteroatoms. The van der Waals surface area contributed by atoms with Crippen molar-refractivity contribution in [2.75, 3.05) is 0 Å². The van der Waals surface area contributed by atoms with Gasteiger partial charge in [-0.3, -0.25) is 19.7 Å². The second kappa shape index (κ2) is 6.16. The van der Waals surface area contributed by atoms with Crippen molar-refractivity contribution in [1.82, 2.24) is 5.01 Å². The monoisotopic (exact) mass is 377 g/mol. The average Bonchev–Trinajstić information content (AvgIpc) is 2.66. The molecule has 0 radical (unpaired) electrons. The van der Waals surface area contributed by atoms with E-state index < -0.39 is 16.7 Å². The lowest BCUT2D eigenvalue weighted by atomic mass is 9.94. The number of carbonyl (C=O) groups is 2. The van der Waals surface area contributed by atoms with Crippen LogP contribution < -0.4 is 0 Å². The highest BCUT2D eigenvalue weighted by Crippen LogP contribution is 2.33. The van der Waals surface area contributed by atoms with Crippen LogP contribution in [0.5, 0.6) is 11.5 Å². The summed E-state index contributed by atoms with van der Waals surface area (Å²) < 4.78 is 0. The summed E-state index contributed by atoms with van der Waals surface area (Å²) in [7, 11) is 0. The molecular weight excluding hydrogens is 366 g/mol. The molecule has 0 aromatic heterocycles. The van der Waals surface area contributed by atoms with E-state index in [-0.39, 0.29) is 33.9 Å². The summed E-state index contributed by atoms with van der Waals surface area (Å²) >= 11 is 0. The summed E-state index contributed by atoms with van der Waals surface area (Å²) in [5.41, 5.74) is 0.0736. The molecule has 2 amide bonds. The first-order chi connectivity index (χ1) is 13.4. The molecule has 138 valence electrons. The molecule has 1 aliphatic heterocycles. The molecule has 0 fully saturated rings. The van der Waals surface area contributed by atoms with Crippen molar-refractivity contribution in [2.24, 2.45) is 5.10 Å². The molecule has 0 atom stereocenters. The van der Waals surface area contributed by atoms with Crippen molar-refractivity contribution in [2.45, 2.75) is 0 Å². The summed E-state index contributed by atoms with van der Waals surface area (Å²) in [6.07, 6.45) is 1.09. The van der Waals surface area contributed by atoms with E-state index in [0.29, 0.717) is 15.8 Å². The second-order valence-corrected chi connectivity index (χ2v) is 6.06. The van der Waals surface area contributed by atoms with Gasteiger partial charge < -0.3 is 10.2 Å². The predicted octanol–water partition coefficient (Wildman–Crippen LogP) is 2.79. The van der Waals surface area contributed by atoms with Crippen molar-refractivity contribution < 1.29 is 24.7 Å². The van der Waals surface area contributed by atoms with Crippen molar-refractivity contribution in [3.05, 3.63) is 75.3 Å². The van der Waals surface area contributed by atoms with Crippen LogP contribution in [0.1, 0.15) is 26.3 Å². The van der Waals surface area contributed by atoms with Gasteiger partial charge in [-0.2, -0.15) is 10.1 Å². The van der Waals surface area contributed by atoms with Gasteiger partial charge in [0.2, 0.25) is 0 Å². The minimum atomic E-state index is -0.813. The van der Waals surface area contributed by atoms with Crippen molar-refractivity contribution in [1.29, 1.82) is 0 Å². The third kappa shape index (κ3) is 2.62. The first-order valence-electron chi connectivity index (χ1n) is 8.03. The Bertz CT molecular complexity index is 1220. The van der Waals surface area contributed by atoms with E-state index in [1.807, 2.05) is 0 Å². The second-order valence-electron chi connectivity index (χ2n) is 6.06. The van der Waals surface area contributed by atoms with Gasteiger partial charge in [0.05, 0.1) is 22.3 Å². The standard InChI is InChI=1S/C19H11N3O6/c23-13-5-4-11(16(24)8-13)9-20-21-18(25)14-3-1-2-10-6-12(22(27)28)7-15(17(10)14)19(21)26/h1-9,23-24H/b20-9+. The lowest BCUT2D eigenvalue weighted by Crippen LogP contribution is -2.36. The number of benzene rings is 3. The topological polar surface area (TPSA) is 133 Å². The number of amides is 2. The fraction of sp³-hybridized carbons (Fsp3) is 0. The molecule has 0 aliphatic carbocycles. The first-order valence-corrected chi connectivity index (χ1v) is 8.03. The van der Waals surface area contributed by atoms with Gasteiger partial charge >= 0.3 is 0 Å². The summed E-state index contributed by atoms with van der Waals surface area (Å²) in [6, 6.07) is 10.8. The third-order valence-corrected chi connectivity index (χ3v) is 4.34. The SMILES string of the molecule is O=C1c2cccc3cc([N+](=O)[O-])cc(c23)C(=O)N1/N=C/c1ccc(O)cc1O. The highest BCUT2D eigenvalue weighted by Gasteiger charge is 2.34. The van der Waals surface area contributed by atoms with Crippen LogP contribution in [0.3, 0.4) is 0 Å². The molecule has 1 aliphatic rings. The maximum absolute atomic E-state index is 12.8. The number of nitro groups is 1. The molecule has 0 saturated carbocycles. The van der Waals surface area contributed by atoms with Gasteiger partial charge in [0.1, 0.15) is 11.5 Å². The van der Waals surface area contributed by atoms with Crippen LogP contribution in [-0.4, -0.2) is 38.2 Å². The Hall–Kier alpha value is -4.27. The fourth-order valence-corrected chi connectivity index (χ4v) is 3.05. The molecule has 0 bridgehead atoms. The zero-order chi connectivity index (χ0) is 20.0. The van der Waals surface area contributed by atoms with E-state index in [1.165, 1.54) is 24.3 Å². The van der Waals surface area contributed by atoms with Crippen LogP contribution in [-0.2, 0) is 0 Å². The number of phenols is 2. The number of carbonyl (C=O) groups excluding carboxylic acids is 2. The Morgan fingerprint density at radius 2 is 1.75 bits per heavy atom. The lowest BCUT2D eigenvalue weighted by Gasteiger charge is -2.23. The maximum atomic E-state index is 12.8. The molecule has 1 heterocycles. The number of hydrogen-bond donors (Lipinski definition) is 2. The lowest BCUT2D eigenvalue weighted by molar-refractivity contribution is -0.384. The van der Waals surface area contributed by atoms with Gasteiger partial charge in [-0.05, 0) is 23.6 Å². The van der Waals surface area contributed by atoms with Crippen molar-refractivity contribution >= 4 is 34.5 Å². The van der Waals surface area contributed by atoms with E-state index >= 15 is 0 Å². The number of aromatic hydroxyl groups is 2. The quantitative estimate of drug-likeness (QED) is 0.312. The van der Waals surface area contributed by atoms with Crippen LogP contribution in [0.15, 0.2) is 53.6 Å². The predicted molar refractivity (Wildman–Crippen MR) is 98.5 cm³/mol. The number of nitro benzene ring substituents is 1. The highest BCUT2D eigenvalue weighted by molar-refractivity contribution is 6.25. The number of rotatable bonds is 3. The molecule has 4 rings (SSSR count). The zero-order valence-electron chi connectivity index (χ0n) is 14.1. The van der Waals surface area contributed by atoms with Gasteiger partial charge in [0.15, 0.2) is 0 Å². The van der Waals surface area contributed by atoms with E-state index in [2.05, 4.69) is 5.10 Å². The van der Waals surface area contributed by atoms with Gasteiger partial charge in [-0.15, -0.1) is 0 Å². The number of phenolic OH excluding ortho intramolecular Hbond substituents is 2. The molecule has 3 aromatic carbocycles. The van der Waals surface area contributed by atoms with Crippen LogP contribution in [0.2, 0.25) is 0 Å². The highest BCUT2D eigenvalue weighted by atomic mass is 16.6. The summed E-state index contributed by atoms with van der Waals surface area (Å²) in [4.78, 5) is 36.1. The number of non-ortho nitro benzene ring substituents is 1. The van der Waals surface area contributed by atoms with Crippen LogP contribution in [0.4, 0.5) is 5.69 Å². The van der Waals surface area contributed by atoms with Gasteiger partial charge in [-0.1, -0.05) is 12.1 Å². The zero-order valence-corrected chi connectivity index (χ0v) is 14.1. The van der Waals surface area contributed by atoms with Gasteiger partial charge in [0.25, 0.3) is 17.5 Å². The van der Waals surface area contributed by atoms with Crippen LogP contribution >= 0.6 is 0 Å². The van der Waals surface area contributed by atoms with Crippen LogP contribution in [0.25, 0.3) is 10.8 Å². The molecule has 2 N–H and O–H groups in total. The first kappa shape index (κ1) is 17.2. The Labute approximate surface area is 156 Å². The summed E-state index contributed by atoms with van der Waals surface area (Å²) in [5, 5.41) is 35.5. The third-order valence-electron chi connectivity index (χ3n) is 4.34. The number of imide groups is 1. The molecule has 28 heavy (non-hydrogen) atoms. The minimum Gasteiger partial charge on any atom is -0.508 e. The van der Waals surface area contributed by atoms with Gasteiger partial charge in [0, 0.05) is 29.1 Å². The molecule has 0 spiro atoms. The molecular formula is C19H11N3O6.